The lowest BCUT2D eigenvalue weighted by Gasteiger charge is -2.24. The minimum absolute atomic E-state index is 0.126. The summed E-state index contributed by atoms with van der Waals surface area (Å²) in [5, 5.41) is 25.1. The number of unbranched alkanes of at least 4 members (excludes halogenated alkanes) is 2. The molecule has 0 radical (unpaired) electrons. The maximum Gasteiger partial charge on any atom is 0.329 e. The van der Waals surface area contributed by atoms with Gasteiger partial charge in [0.25, 0.3) is 11.8 Å². The van der Waals surface area contributed by atoms with Gasteiger partial charge in [0.05, 0.1) is 6.61 Å². The molecular formula is C21H32N4O9. The van der Waals surface area contributed by atoms with Gasteiger partial charge in [0.15, 0.2) is 0 Å². The number of aliphatic hydroxyl groups is 1. The molecule has 0 aromatic heterocycles. The van der Waals surface area contributed by atoms with Crippen LogP contribution in [0.4, 0.5) is 0 Å². The number of aliphatic carboxylic acids is 1. The Kier molecular flexibility index (Phi) is 12.5. The summed E-state index contributed by atoms with van der Waals surface area (Å²) in [6.45, 7) is 1.93. The largest absolute Gasteiger partial charge is 0.480 e. The number of carboxylic acids is 1. The minimum atomic E-state index is -1.32. The van der Waals surface area contributed by atoms with Crippen molar-refractivity contribution >= 4 is 35.5 Å². The molecule has 190 valence electrons. The van der Waals surface area contributed by atoms with E-state index in [0.717, 1.165) is 4.90 Å². The van der Waals surface area contributed by atoms with Crippen LogP contribution in [0.3, 0.4) is 0 Å². The van der Waals surface area contributed by atoms with Crippen molar-refractivity contribution in [3.8, 4) is 0 Å². The minimum Gasteiger partial charge on any atom is -0.480 e. The second-order valence-corrected chi connectivity index (χ2v) is 7.93. The summed E-state index contributed by atoms with van der Waals surface area (Å²) in [6.07, 6.45) is 4.18. The van der Waals surface area contributed by atoms with Crippen molar-refractivity contribution < 1.29 is 43.7 Å². The highest BCUT2D eigenvalue weighted by Crippen LogP contribution is 2.09. The van der Waals surface area contributed by atoms with E-state index < -0.39 is 49.8 Å². The van der Waals surface area contributed by atoms with Crippen LogP contribution in [-0.2, 0) is 33.5 Å². The number of nitrogens with one attached hydrogen (secondary N) is 3. The number of nitrogens with zero attached hydrogens (tertiary/aromatic N) is 1. The standard InChI is InChI=1S/C21H32N4O9/c1-13(2)19(21(33)23-14(10-26)20(32)22-12-34-11-18(30)31)24-15(27)6-4-3-5-9-25-16(28)7-8-17(25)29/h7-8,13-14,19,26H,3-6,9-12H2,1-2H3,(H,22,32)(H,23,33)(H,24,27)(H,30,31)/t14-,19+/m0/s1. The molecule has 0 aromatic rings. The average Bonchev–Trinajstić information content (AvgIpc) is 3.09. The van der Waals surface area contributed by atoms with Crippen LogP contribution in [0.15, 0.2) is 12.2 Å². The molecule has 0 unspecified atom stereocenters. The van der Waals surface area contributed by atoms with Gasteiger partial charge in [0.2, 0.25) is 17.7 Å². The molecule has 5 amide bonds. The van der Waals surface area contributed by atoms with Crippen LogP contribution in [0.5, 0.6) is 0 Å². The van der Waals surface area contributed by atoms with Gasteiger partial charge in [-0.2, -0.15) is 0 Å². The van der Waals surface area contributed by atoms with Gasteiger partial charge in [-0.1, -0.05) is 20.3 Å². The summed E-state index contributed by atoms with van der Waals surface area (Å²) in [7, 11) is 0. The van der Waals surface area contributed by atoms with E-state index in [2.05, 4.69) is 20.7 Å². The molecule has 0 bridgehead atoms. The number of amides is 5. The van der Waals surface area contributed by atoms with Gasteiger partial charge in [0, 0.05) is 25.1 Å². The molecular weight excluding hydrogens is 452 g/mol. The van der Waals surface area contributed by atoms with E-state index in [1.807, 2.05) is 0 Å². The number of imide groups is 1. The maximum absolute atomic E-state index is 12.6. The number of hydrogen-bond acceptors (Lipinski definition) is 8. The van der Waals surface area contributed by atoms with Gasteiger partial charge in [-0.15, -0.1) is 0 Å². The number of carbonyl (C=O) groups excluding carboxylic acids is 5. The Labute approximate surface area is 196 Å². The fourth-order valence-electron chi connectivity index (χ4n) is 3.00. The topological polar surface area (TPSA) is 191 Å². The number of aliphatic hydroxyl groups excluding tert-OH is 1. The maximum atomic E-state index is 12.6. The predicted octanol–water partition coefficient (Wildman–Crippen LogP) is -1.74. The SMILES string of the molecule is CC(C)[C@@H](NC(=O)CCCCCN1C(=O)C=CC1=O)C(=O)N[C@@H](CO)C(=O)NCOCC(=O)O. The normalized spacial score (nSPS) is 14.8. The second-order valence-electron chi connectivity index (χ2n) is 7.93. The molecule has 34 heavy (non-hydrogen) atoms. The Morgan fingerprint density at radius 3 is 2.21 bits per heavy atom. The number of carbonyl (C=O) groups is 6. The number of carboxylic acid groups (broad SMARTS) is 1. The lowest BCUT2D eigenvalue weighted by Crippen LogP contribution is -2.56. The van der Waals surface area contributed by atoms with Gasteiger partial charge in [-0.3, -0.25) is 28.9 Å². The Bertz CT molecular complexity index is 779. The van der Waals surface area contributed by atoms with Crippen LogP contribution in [0.1, 0.15) is 39.5 Å². The summed E-state index contributed by atoms with van der Waals surface area (Å²) < 4.78 is 4.68. The van der Waals surface area contributed by atoms with E-state index in [9.17, 15) is 33.9 Å². The highest BCUT2D eigenvalue weighted by atomic mass is 16.5. The molecule has 13 nitrogen and oxygen atoms in total. The summed E-state index contributed by atoms with van der Waals surface area (Å²) in [5.74, 6) is -4.05. The number of hydrogen-bond donors (Lipinski definition) is 5. The molecule has 13 heteroatoms. The third-order valence-corrected chi connectivity index (χ3v) is 4.84. The summed E-state index contributed by atoms with van der Waals surface area (Å²) in [6, 6.07) is -2.27. The number of rotatable bonds is 16. The van der Waals surface area contributed by atoms with Crippen LogP contribution >= 0.6 is 0 Å². The fraction of sp³-hybridized carbons (Fsp3) is 0.619. The van der Waals surface area contributed by atoms with Crippen molar-refractivity contribution in [2.75, 3.05) is 26.5 Å². The average molecular weight is 485 g/mol. The molecule has 1 aliphatic heterocycles. The van der Waals surface area contributed by atoms with E-state index in [-0.39, 0.29) is 36.6 Å². The lowest BCUT2D eigenvalue weighted by atomic mass is 10.0. The van der Waals surface area contributed by atoms with E-state index in [4.69, 9.17) is 5.11 Å². The molecule has 5 N–H and O–H groups in total. The Balaban J connectivity index is 2.42. The molecule has 1 heterocycles. The first-order valence-electron chi connectivity index (χ1n) is 10.9. The van der Waals surface area contributed by atoms with Gasteiger partial charge >= 0.3 is 5.97 Å². The Morgan fingerprint density at radius 1 is 1.00 bits per heavy atom. The van der Waals surface area contributed by atoms with E-state index >= 15 is 0 Å². The van der Waals surface area contributed by atoms with Crippen LogP contribution in [-0.4, -0.2) is 89.2 Å². The van der Waals surface area contributed by atoms with Crippen molar-refractivity contribution in [2.24, 2.45) is 5.92 Å². The molecule has 0 aromatic carbocycles. The molecule has 2 atom stereocenters. The van der Waals surface area contributed by atoms with Crippen LogP contribution in [0.2, 0.25) is 0 Å². The van der Waals surface area contributed by atoms with Crippen molar-refractivity contribution in [1.29, 1.82) is 0 Å². The zero-order valence-corrected chi connectivity index (χ0v) is 19.2. The van der Waals surface area contributed by atoms with Crippen LogP contribution in [0.25, 0.3) is 0 Å². The van der Waals surface area contributed by atoms with Gasteiger partial charge in [-0.05, 0) is 18.8 Å². The van der Waals surface area contributed by atoms with Crippen LogP contribution in [0, 0.1) is 5.92 Å². The summed E-state index contributed by atoms with van der Waals surface area (Å²) in [4.78, 5) is 71.4. The Hall–Kier alpha value is -3.32. The molecule has 1 rings (SSSR count). The molecule has 0 aliphatic carbocycles. The summed E-state index contributed by atoms with van der Waals surface area (Å²) in [5.41, 5.74) is 0. The lowest BCUT2D eigenvalue weighted by molar-refractivity contribution is -0.143. The smallest absolute Gasteiger partial charge is 0.329 e. The highest BCUT2D eigenvalue weighted by Gasteiger charge is 2.28. The van der Waals surface area contributed by atoms with Crippen molar-refractivity contribution in [2.45, 2.75) is 51.6 Å². The van der Waals surface area contributed by atoms with E-state index in [0.29, 0.717) is 19.3 Å². The van der Waals surface area contributed by atoms with Gasteiger partial charge < -0.3 is 30.9 Å². The molecule has 0 saturated carbocycles. The molecule has 1 aliphatic rings. The van der Waals surface area contributed by atoms with Crippen LogP contribution < -0.4 is 16.0 Å². The molecule has 0 spiro atoms. The Morgan fingerprint density at radius 2 is 1.65 bits per heavy atom. The van der Waals surface area contributed by atoms with Gasteiger partial charge in [-0.25, -0.2) is 4.79 Å². The van der Waals surface area contributed by atoms with Gasteiger partial charge in [0.1, 0.15) is 25.4 Å². The zero-order chi connectivity index (χ0) is 25.7. The van der Waals surface area contributed by atoms with E-state index in [1.54, 1.807) is 13.8 Å². The van der Waals surface area contributed by atoms with Crippen molar-refractivity contribution in [3.05, 3.63) is 12.2 Å². The first-order valence-corrected chi connectivity index (χ1v) is 10.9. The third kappa shape index (κ3) is 10.1. The van der Waals surface area contributed by atoms with Crippen molar-refractivity contribution in [1.82, 2.24) is 20.9 Å². The highest BCUT2D eigenvalue weighted by molar-refractivity contribution is 6.12. The second kappa shape index (κ2) is 14.8. The monoisotopic (exact) mass is 484 g/mol. The molecule has 0 saturated heterocycles. The number of ether oxygens (including phenoxy) is 1. The first kappa shape index (κ1) is 28.7. The first-order chi connectivity index (χ1) is 16.1. The zero-order valence-electron chi connectivity index (χ0n) is 19.2. The van der Waals surface area contributed by atoms with E-state index in [1.165, 1.54) is 12.2 Å². The fourth-order valence-corrected chi connectivity index (χ4v) is 3.00. The molecule has 0 fully saturated rings. The predicted molar refractivity (Wildman–Crippen MR) is 117 cm³/mol. The third-order valence-electron chi connectivity index (χ3n) is 4.84. The summed E-state index contributed by atoms with van der Waals surface area (Å²) >= 11 is 0. The van der Waals surface area contributed by atoms with Crippen molar-refractivity contribution in [3.63, 3.8) is 0 Å². The quantitative estimate of drug-likeness (QED) is 0.0961.